The fourth-order valence-corrected chi connectivity index (χ4v) is 5.15. The van der Waals surface area contributed by atoms with Gasteiger partial charge in [0, 0.05) is 18.8 Å². The van der Waals surface area contributed by atoms with Crippen molar-refractivity contribution >= 4 is 34.8 Å². The van der Waals surface area contributed by atoms with Crippen LogP contribution in [0.15, 0.2) is 41.5 Å². The fourth-order valence-electron chi connectivity index (χ4n) is 4.78. The predicted octanol–water partition coefficient (Wildman–Crippen LogP) is 4.70. The molecule has 0 radical (unpaired) electrons. The number of fused-ring (bicyclic) bond motifs is 1. The van der Waals surface area contributed by atoms with E-state index in [1.54, 1.807) is 6.07 Å². The van der Waals surface area contributed by atoms with Crippen LogP contribution in [0.1, 0.15) is 53.1 Å². The van der Waals surface area contributed by atoms with Crippen LogP contribution in [0.5, 0.6) is 11.9 Å². The molecule has 1 aromatic carbocycles. The Hall–Kier alpha value is -3.96. The zero-order valence-electron chi connectivity index (χ0n) is 21.6. The lowest BCUT2D eigenvalue weighted by molar-refractivity contribution is 0.0987. The molecule has 39 heavy (non-hydrogen) atoms. The number of amides is 1. The summed E-state index contributed by atoms with van der Waals surface area (Å²) in [5.74, 6) is -1.24. The average Bonchev–Trinajstić information content (AvgIpc) is 3.42. The summed E-state index contributed by atoms with van der Waals surface area (Å²) in [6.45, 7) is 3.85. The lowest BCUT2D eigenvalue weighted by Gasteiger charge is -2.27. The highest BCUT2D eigenvalue weighted by atomic mass is 35.5. The number of hydrogen-bond acceptors (Lipinski definition) is 7. The van der Waals surface area contributed by atoms with Gasteiger partial charge in [-0.1, -0.05) is 43.1 Å². The molecule has 1 atom stereocenters. The molecule has 1 aliphatic rings. The van der Waals surface area contributed by atoms with Crippen LogP contribution in [0, 0.1) is 5.82 Å². The molecule has 0 N–H and O–H groups in total. The van der Waals surface area contributed by atoms with Crippen molar-refractivity contribution in [1.82, 2.24) is 24.3 Å². The van der Waals surface area contributed by atoms with E-state index in [2.05, 4.69) is 15.1 Å². The number of carbonyl (C=O) groups excluding carboxylic acids is 1. The van der Waals surface area contributed by atoms with Gasteiger partial charge in [-0.05, 0) is 29.7 Å². The molecule has 1 amide bonds. The third kappa shape index (κ3) is 4.31. The van der Waals surface area contributed by atoms with E-state index in [4.69, 9.17) is 32.7 Å². The Balaban J connectivity index is 1.82. The summed E-state index contributed by atoms with van der Waals surface area (Å²) in [7, 11) is 4.41. The van der Waals surface area contributed by atoms with Crippen LogP contribution in [0.25, 0.3) is 5.69 Å². The Morgan fingerprint density at radius 1 is 1.08 bits per heavy atom. The Labute approximate surface area is 232 Å². The molecule has 13 heteroatoms. The number of anilines is 1. The van der Waals surface area contributed by atoms with Crippen LogP contribution in [-0.2, 0) is 7.05 Å². The van der Waals surface area contributed by atoms with Crippen LogP contribution < -0.4 is 19.9 Å². The van der Waals surface area contributed by atoms with Gasteiger partial charge in [0.05, 0.1) is 42.2 Å². The Morgan fingerprint density at radius 2 is 1.82 bits per heavy atom. The third-order valence-electron chi connectivity index (χ3n) is 6.43. The van der Waals surface area contributed by atoms with E-state index in [-0.39, 0.29) is 39.2 Å². The second-order valence-corrected chi connectivity index (χ2v) is 10.0. The standard InChI is InChI=1S/C26H23Cl2FN6O4/c1-12(2)21-19-20(32-35(21)18-10-30-26(39-5)31-23(18)38-4)25(37)34(17-9-14(27)11-33(3)24(17)36)22(19)13-6-7-15(28)16(29)8-13/h6-12,22H,1-5H3. The summed E-state index contributed by atoms with van der Waals surface area (Å²) in [4.78, 5) is 37.0. The molecule has 0 fully saturated rings. The Kier molecular flexibility index (Phi) is 6.81. The van der Waals surface area contributed by atoms with Crippen LogP contribution >= 0.6 is 23.2 Å². The summed E-state index contributed by atoms with van der Waals surface area (Å²) in [6, 6.07) is 4.85. The minimum atomic E-state index is -0.915. The van der Waals surface area contributed by atoms with Gasteiger partial charge in [-0.3, -0.25) is 14.5 Å². The minimum Gasteiger partial charge on any atom is -0.479 e. The van der Waals surface area contributed by atoms with Crippen molar-refractivity contribution in [3.05, 3.63) is 85.4 Å². The number of benzene rings is 1. The molecule has 0 aliphatic carbocycles. The maximum Gasteiger partial charge on any atom is 0.319 e. The molecule has 4 heterocycles. The number of hydrogen-bond donors (Lipinski definition) is 0. The van der Waals surface area contributed by atoms with Crippen molar-refractivity contribution in [3.8, 4) is 17.6 Å². The van der Waals surface area contributed by atoms with Gasteiger partial charge in [-0.15, -0.1) is 0 Å². The van der Waals surface area contributed by atoms with Crippen molar-refractivity contribution in [1.29, 1.82) is 0 Å². The van der Waals surface area contributed by atoms with E-state index < -0.39 is 23.3 Å². The van der Waals surface area contributed by atoms with Gasteiger partial charge < -0.3 is 14.0 Å². The first kappa shape index (κ1) is 26.6. The summed E-state index contributed by atoms with van der Waals surface area (Å²) >= 11 is 12.3. The number of aromatic nitrogens is 5. The maximum absolute atomic E-state index is 14.8. The van der Waals surface area contributed by atoms with E-state index in [0.717, 1.165) is 0 Å². The number of methoxy groups -OCH3 is 2. The molecule has 5 rings (SSSR count). The zero-order chi connectivity index (χ0) is 28.2. The highest BCUT2D eigenvalue weighted by Gasteiger charge is 2.46. The minimum absolute atomic E-state index is 0.0278. The molecule has 10 nitrogen and oxygen atoms in total. The molecule has 0 bridgehead atoms. The number of carbonyl (C=O) groups is 1. The van der Waals surface area contributed by atoms with Crippen LogP contribution in [0.3, 0.4) is 0 Å². The fraction of sp³-hybridized carbons (Fsp3) is 0.269. The van der Waals surface area contributed by atoms with Crippen LogP contribution in [-0.4, -0.2) is 44.4 Å². The summed E-state index contributed by atoms with van der Waals surface area (Å²) in [5, 5.41) is 4.83. The molecule has 1 aliphatic heterocycles. The first-order valence-corrected chi connectivity index (χ1v) is 12.6. The second kappa shape index (κ2) is 9.97. The largest absolute Gasteiger partial charge is 0.479 e. The summed E-state index contributed by atoms with van der Waals surface area (Å²) in [5.41, 5.74) is 1.53. The smallest absolute Gasteiger partial charge is 0.319 e. The van der Waals surface area contributed by atoms with Crippen molar-refractivity contribution < 1.29 is 18.7 Å². The van der Waals surface area contributed by atoms with E-state index in [0.29, 0.717) is 22.5 Å². The molecular formula is C26H23Cl2FN6O4. The number of halogens is 3. The molecular weight excluding hydrogens is 550 g/mol. The van der Waals surface area contributed by atoms with Crippen LogP contribution in [0.2, 0.25) is 10.0 Å². The lowest BCUT2D eigenvalue weighted by Crippen LogP contribution is -2.36. The van der Waals surface area contributed by atoms with E-state index >= 15 is 0 Å². The van der Waals surface area contributed by atoms with E-state index in [9.17, 15) is 14.0 Å². The average molecular weight is 573 g/mol. The van der Waals surface area contributed by atoms with Gasteiger partial charge >= 0.3 is 6.01 Å². The number of nitrogens with zero attached hydrogens (tertiary/aromatic N) is 6. The quantitative estimate of drug-likeness (QED) is 0.330. The van der Waals surface area contributed by atoms with Gasteiger partial charge in [0.15, 0.2) is 5.69 Å². The van der Waals surface area contributed by atoms with Crippen molar-refractivity contribution in [3.63, 3.8) is 0 Å². The first-order chi connectivity index (χ1) is 18.6. The van der Waals surface area contributed by atoms with Gasteiger partial charge in [0.2, 0.25) is 5.88 Å². The van der Waals surface area contributed by atoms with E-state index in [1.807, 2.05) is 13.8 Å². The molecule has 0 spiro atoms. The summed E-state index contributed by atoms with van der Waals surface area (Å²) in [6.07, 6.45) is 2.92. The van der Waals surface area contributed by atoms with Crippen molar-refractivity contribution in [2.24, 2.45) is 7.05 Å². The molecule has 3 aromatic heterocycles. The second-order valence-electron chi connectivity index (χ2n) is 9.18. The predicted molar refractivity (Wildman–Crippen MR) is 143 cm³/mol. The molecule has 0 saturated carbocycles. The zero-order valence-corrected chi connectivity index (χ0v) is 23.1. The molecule has 1 unspecified atom stereocenters. The maximum atomic E-state index is 14.8. The van der Waals surface area contributed by atoms with Crippen molar-refractivity contribution in [2.75, 3.05) is 19.1 Å². The Bertz CT molecular complexity index is 1690. The van der Waals surface area contributed by atoms with E-state index in [1.165, 1.54) is 66.0 Å². The first-order valence-electron chi connectivity index (χ1n) is 11.8. The van der Waals surface area contributed by atoms with Gasteiger partial charge in [-0.2, -0.15) is 10.1 Å². The topological polar surface area (TPSA) is 104 Å². The lowest BCUT2D eigenvalue weighted by atomic mass is 9.94. The summed E-state index contributed by atoms with van der Waals surface area (Å²) < 4.78 is 28.2. The number of aryl methyl sites for hydroxylation is 1. The van der Waals surface area contributed by atoms with Gasteiger partial charge in [-0.25, -0.2) is 14.1 Å². The van der Waals surface area contributed by atoms with Gasteiger partial charge in [0.1, 0.15) is 17.2 Å². The Morgan fingerprint density at radius 3 is 2.46 bits per heavy atom. The number of rotatable bonds is 6. The third-order valence-corrected chi connectivity index (χ3v) is 6.94. The number of pyridine rings is 1. The van der Waals surface area contributed by atoms with Gasteiger partial charge in [0.25, 0.3) is 11.5 Å². The molecule has 202 valence electrons. The van der Waals surface area contributed by atoms with Crippen LogP contribution in [0.4, 0.5) is 10.1 Å². The van der Waals surface area contributed by atoms with Crippen molar-refractivity contribution in [2.45, 2.75) is 25.8 Å². The highest BCUT2D eigenvalue weighted by Crippen LogP contribution is 2.45. The molecule has 4 aromatic rings. The number of ether oxygens (including phenoxy) is 2. The highest BCUT2D eigenvalue weighted by molar-refractivity contribution is 6.31. The normalized spacial score (nSPS) is 14.7. The monoisotopic (exact) mass is 572 g/mol. The molecule has 0 saturated heterocycles. The SMILES string of the molecule is COc1ncc(-n2nc3c(c2C(C)C)C(c2ccc(Cl)c(F)c2)N(c2cc(Cl)cn(C)c2=O)C3=O)c(OC)n1.